The van der Waals surface area contributed by atoms with Crippen molar-refractivity contribution in [3.05, 3.63) is 65.2 Å². The Balaban J connectivity index is 1.35. The SMILES string of the molecule is CCCCc1ccc(NC(=O)C(=O)NCCN2CCN(C(=O)c3ccc(C)cc3)CC2)cc1. The number of hydrogen-bond donors (Lipinski definition) is 2. The number of carbonyl (C=O) groups is 3. The molecule has 0 unspecified atom stereocenters. The summed E-state index contributed by atoms with van der Waals surface area (Å²) in [5.41, 5.74) is 3.68. The molecule has 0 radical (unpaired) electrons. The van der Waals surface area contributed by atoms with E-state index in [1.807, 2.05) is 60.4 Å². The lowest BCUT2D eigenvalue weighted by Crippen LogP contribution is -2.50. The van der Waals surface area contributed by atoms with Crippen molar-refractivity contribution in [2.24, 2.45) is 0 Å². The Hall–Kier alpha value is -3.19. The summed E-state index contributed by atoms with van der Waals surface area (Å²) < 4.78 is 0. The zero-order chi connectivity index (χ0) is 23.6. The Morgan fingerprint density at radius 2 is 1.55 bits per heavy atom. The van der Waals surface area contributed by atoms with Crippen LogP contribution in [0.5, 0.6) is 0 Å². The van der Waals surface area contributed by atoms with Crippen molar-refractivity contribution in [2.45, 2.75) is 33.1 Å². The largest absolute Gasteiger partial charge is 0.347 e. The maximum absolute atomic E-state index is 12.6. The lowest BCUT2D eigenvalue weighted by Gasteiger charge is -2.34. The minimum atomic E-state index is -0.662. The Morgan fingerprint density at radius 1 is 0.879 bits per heavy atom. The molecule has 1 aliphatic rings. The van der Waals surface area contributed by atoms with Gasteiger partial charge in [-0.15, -0.1) is 0 Å². The van der Waals surface area contributed by atoms with E-state index in [-0.39, 0.29) is 5.91 Å². The molecule has 0 saturated carbocycles. The van der Waals surface area contributed by atoms with Gasteiger partial charge in [0.25, 0.3) is 5.91 Å². The van der Waals surface area contributed by atoms with E-state index in [0.717, 1.165) is 37.9 Å². The first kappa shape index (κ1) is 24.5. The monoisotopic (exact) mass is 450 g/mol. The summed E-state index contributed by atoms with van der Waals surface area (Å²) in [7, 11) is 0. The van der Waals surface area contributed by atoms with Gasteiger partial charge in [-0.2, -0.15) is 0 Å². The van der Waals surface area contributed by atoms with Crippen LogP contribution in [0, 0.1) is 6.92 Å². The standard InChI is InChI=1S/C26H34N4O3/c1-3-4-5-21-8-12-23(13-9-21)28-25(32)24(31)27-14-15-29-16-18-30(19-17-29)26(33)22-10-6-20(2)7-11-22/h6-13H,3-5,14-19H2,1-2H3,(H,27,31)(H,28,32). The van der Waals surface area contributed by atoms with Crippen molar-refractivity contribution >= 4 is 23.4 Å². The first-order valence-corrected chi connectivity index (χ1v) is 11.7. The van der Waals surface area contributed by atoms with Crippen molar-refractivity contribution in [1.82, 2.24) is 15.1 Å². The van der Waals surface area contributed by atoms with Gasteiger partial charge in [0.05, 0.1) is 0 Å². The highest BCUT2D eigenvalue weighted by molar-refractivity contribution is 6.39. The van der Waals surface area contributed by atoms with Crippen molar-refractivity contribution in [3.8, 4) is 0 Å². The molecule has 3 rings (SSSR count). The number of amides is 3. The second-order valence-electron chi connectivity index (χ2n) is 8.51. The molecule has 1 fully saturated rings. The number of benzene rings is 2. The molecule has 0 atom stereocenters. The number of aryl methyl sites for hydroxylation is 2. The zero-order valence-electron chi connectivity index (χ0n) is 19.6. The van der Waals surface area contributed by atoms with Gasteiger partial charge >= 0.3 is 11.8 Å². The normalized spacial score (nSPS) is 14.1. The topological polar surface area (TPSA) is 81.8 Å². The maximum atomic E-state index is 12.6. The van der Waals surface area contributed by atoms with Crippen LogP contribution in [0.4, 0.5) is 5.69 Å². The number of hydrogen-bond acceptors (Lipinski definition) is 4. The molecular formula is C26H34N4O3. The van der Waals surface area contributed by atoms with Gasteiger partial charge in [0, 0.05) is 50.5 Å². The van der Waals surface area contributed by atoms with Crippen LogP contribution < -0.4 is 10.6 Å². The summed E-state index contributed by atoms with van der Waals surface area (Å²) in [6, 6.07) is 15.2. The van der Waals surface area contributed by atoms with E-state index in [1.54, 1.807) is 0 Å². The van der Waals surface area contributed by atoms with Crippen molar-refractivity contribution in [1.29, 1.82) is 0 Å². The lowest BCUT2D eigenvalue weighted by molar-refractivity contribution is -0.136. The molecule has 1 heterocycles. The highest BCUT2D eigenvalue weighted by Crippen LogP contribution is 2.12. The third-order valence-electron chi connectivity index (χ3n) is 5.91. The van der Waals surface area contributed by atoms with Crippen LogP contribution in [0.15, 0.2) is 48.5 Å². The number of rotatable bonds is 8. The second kappa shape index (κ2) is 12.2. The Kier molecular flexibility index (Phi) is 9.01. The number of anilines is 1. The Bertz CT molecular complexity index is 933. The molecule has 7 heteroatoms. The number of unbranched alkanes of at least 4 members (excludes halogenated alkanes) is 1. The van der Waals surface area contributed by atoms with Gasteiger partial charge < -0.3 is 15.5 Å². The molecule has 2 aromatic carbocycles. The predicted molar refractivity (Wildman–Crippen MR) is 130 cm³/mol. The second-order valence-corrected chi connectivity index (χ2v) is 8.51. The van der Waals surface area contributed by atoms with Gasteiger partial charge in [0.1, 0.15) is 0 Å². The van der Waals surface area contributed by atoms with Gasteiger partial charge in [-0.3, -0.25) is 19.3 Å². The zero-order valence-corrected chi connectivity index (χ0v) is 19.6. The lowest BCUT2D eigenvalue weighted by atomic mass is 10.1. The number of nitrogens with one attached hydrogen (secondary N) is 2. The molecule has 0 bridgehead atoms. The summed E-state index contributed by atoms with van der Waals surface area (Å²) in [6.45, 7) is 7.95. The summed E-state index contributed by atoms with van der Waals surface area (Å²) in [4.78, 5) is 40.9. The van der Waals surface area contributed by atoms with E-state index >= 15 is 0 Å². The van der Waals surface area contributed by atoms with Crippen molar-refractivity contribution < 1.29 is 14.4 Å². The number of piperazine rings is 1. The summed E-state index contributed by atoms with van der Waals surface area (Å²) in [6.07, 6.45) is 3.28. The highest BCUT2D eigenvalue weighted by atomic mass is 16.2. The Morgan fingerprint density at radius 3 is 2.18 bits per heavy atom. The third-order valence-corrected chi connectivity index (χ3v) is 5.91. The average Bonchev–Trinajstić information content (AvgIpc) is 2.84. The van der Waals surface area contributed by atoms with Gasteiger partial charge in [-0.05, 0) is 49.6 Å². The van der Waals surface area contributed by atoms with E-state index in [0.29, 0.717) is 37.4 Å². The quantitative estimate of drug-likeness (QED) is 0.606. The number of nitrogens with zero attached hydrogens (tertiary/aromatic N) is 2. The molecule has 33 heavy (non-hydrogen) atoms. The Labute approximate surface area is 196 Å². The van der Waals surface area contributed by atoms with Gasteiger partial charge in [0.2, 0.25) is 0 Å². The molecule has 1 saturated heterocycles. The first-order valence-electron chi connectivity index (χ1n) is 11.7. The van der Waals surface area contributed by atoms with Crippen LogP contribution in [0.1, 0.15) is 41.3 Å². The van der Waals surface area contributed by atoms with Crippen LogP contribution in [0.2, 0.25) is 0 Å². The minimum Gasteiger partial charge on any atom is -0.347 e. The molecule has 176 valence electrons. The van der Waals surface area contributed by atoms with Gasteiger partial charge in [-0.1, -0.05) is 43.2 Å². The number of carbonyl (C=O) groups excluding carboxylic acids is 3. The van der Waals surface area contributed by atoms with Crippen molar-refractivity contribution in [2.75, 3.05) is 44.6 Å². The molecule has 0 aromatic heterocycles. The fourth-order valence-electron chi connectivity index (χ4n) is 3.78. The fraction of sp³-hybridized carbons (Fsp3) is 0.423. The van der Waals surface area contributed by atoms with Gasteiger partial charge in [-0.25, -0.2) is 0 Å². The molecule has 3 amide bonds. The molecule has 0 aliphatic carbocycles. The minimum absolute atomic E-state index is 0.0537. The van der Waals surface area contributed by atoms with Crippen LogP contribution in [0.3, 0.4) is 0 Å². The van der Waals surface area contributed by atoms with Crippen LogP contribution in [0.25, 0.3) is 0 Å². The predicted octanol–water partition coefficient (Wildman–Crippen LogP) is 2.85. The summed E-state index contributed by atoms with van der Waals surface area (Å²) in [5, 5.41) is 5.32. The van der Waals surface area contributed by atoms with E-state index in [9.17, 15) is 14.4 Å². The third kappa shape index (κ3) is 7.43. The molecule has 7 nitrogen and oxygen atoms in total. The smallest absolute Gasteiger partial charge is 0.313 e. The van der Waals surface area contributed by atoms with E-state index < -0.39 is 11.8 Å². The maximum Gasteiger partial charge on any atom is 0.313 e. The average molecular weight is 451 g/mol. The summed E-state index contributed by atoms with van der Waals surface area (Å²) in [5.74, 6) is -1.25. The van der Waals surface area contributed by atoms with Gasteiger partial charge in [0.15, 0.2) is 0 Å². The summed E-state index contributed by atoms with van der Waals surface area (Å²) >= 11 is 0. The van der Waals surface area contributed by atoms with Crippen molar-refractivity contribution in [3.63, 3.8) is 0 Å². The molecule has 2 aromatic rings. The molecule has 1 aliphatic heterocycles. The fourth-order valence-corrected chi connectivity index (χ4v) is 3.78. The van der Waals surface area contributed by atoms with Crippen LogP contribution in [-0.2, 0) is 16.0 Å². The molecular weight excluding hydrogens is 416 g/mol. The van der Waals surface area contributed by atoms with E-state index in [4.69, 9.17) is 0 Å². The van der Waals surface area contributed by atoms with Crippen LogP contribution >= 0.6 is 0 Å². The first-order chi connectivity index (χ1) is 16.0. The molecule has 0 spiro atoms. The molecule has 2 N–H and O–H groups in total. The van der Waals surface area contributed by atoms with Crippen LogP contribution in [-0.4, -0.2) is 66.8 Å². The van der Waals surface area contributed by atoms with E-state index in [1.165, 1.54) is 5.56 Å². The van der Waals surface area contributed by atoms with E-state index in [2.05, 4.69) is 22.5 Å². The highest BCUT2D eigenvalue weighted by Gasteiger charge is 2.22.